The predicted octanol–water partition coefficient (Wildman–Crippen LogP) is 2.38. The molecule has 0 aliphatic rings. The lowest BCUT2D eigenvalue weighted by Crippen LogP contribution is -2.36. The second kappa shape index (κ2) is 8.29. The largest absolute Gasteiger partial charge is 0.463 e. The van der Waals surface area contributed by atoms with Gasteiger partial charge in [0.25, 0.3) is 0 Å². The summed E-state index contributed by atoms with van der Waals surface area (Å²) in [5, 5.41) is 0. The van der Waals surface area contributed by atoms with Crippen LogP contribution in [0.2, 0.25) is 0 Å². The molecule has 1 aromatic rings. The van der Waals surface area contributed by atoms with Crippen molar-refractivity contribution < 1.29 is 9.15 Å². The van der Waals surface area contributed by atoms with Crippen molar-refractivity contribution in [3.63, 3.8) is 0 Å². The molecule has 0 amide bonds. The quantitative estimate of drug-likeness (QED) is 0.735. The first kappa shape index (κ1) is 15.2. The standard InChI is InChI=1S/C14H26N2O2/c1-4-12(5-2)16(8-9-17-3)11-14-7-6-13(10-15)18-14/h6-7,12H,4-5,8-11,15H2,1-3H3. The van der Waals surface area contributed by atoms with Crippen LogP contribution in [0.15, 0.2) is 16.5 Å². The summed E-state index contributed by atoms with van der Waals surface area (Å²) in [7, 11) is 1.74. The van der Waals surface area contributed by atoms with Crippen LogP contribution in [0.5, 0.6) is 0 Å². The molecular weight excluding hydrogens is 228 g/mol. The summed E-state index contributed by atoms with van der Waals surface area (Å²) in [6.07, 6.45) is 2.29. The maximum atomic E-state index is 5.67. The van der Waals surface area contributed by atoms with Gasteiger partial charge in [-0.15, -0.1) is 0 Å². The molecule has 0 bridgehead atoms. The molecule has 0 unspecified atom stereocenters. The Morgan fingerprint density at radius 3 is 2.44 bits per heavy atom. The molecule has 18 heavy (non-hydrogen) atoms. The summed E-state index contributed by atoms with van der Waals surface area (Å²) in [4.78, 5) is 2.42. The summed E-state index contributed by atoms with van der Waals surface area (Å²) in [6.45, 7) is 7.42. The van der Waals surface area contributed by atoms with Crippen molar-refractivity contribution >= 4 is 0 Å². The van der Waals surface area contributed by atoms with Gasteiger partial charge in [-0.2, -0.15) is 0 Å². The summed E-state index contributed by atoms with van der Waals surface area (Å²) in [5.41, 5.74) is 5.56. The van der Waals surface area contributed by atoms with E-state index in [1.807, 2.05) is 12.1 Å². The van der Waals surface area contributed by atoms with Gasteiger partial charge in [0, 0.05) is 19.7 Å². The molecule has 1 rings (SSSR count). The second-order valence-corrected chi connectivity index (χ2v) is 4.51. The topological polar surface area (TPSA) is 51.6 Å². The molecule has 4 nitrogen and oxygen atoms in total. The van der Waals surface area contributed by atoms with Crippen LogP contribution in [-0.2, 0) is 17.8 Å². The number of hydrogen-bond acceptors (Lipinski definition) is 4. The first-order chi connectivity index (χ1) is 8.74. The van der Waals surface area contributed by atoms with Gasteiger partial charge in [0.2, 0.25) is 0 Å². The average molecular weight is 254 g/mol. The SMILES string of the molecule is CCC(CC)N(CCOC)Cc1ccc(CN)o1. The molecule has 4 heteroatoms. The number of ether oxygens (including phenoxy) is 1. The third-order valence-corrected chi connectivity index (χ3v) is 3.32. The number of nitrogens with two attached hydrogens (primary N) is 1. The van der Waals surface area contributed by atoms with E-state index in [4.69, 9.17) is 14.9 Å². The van der Waals surface area contributed by atoms with Crippen molar-refractivity contribution in [3.05, 3.63) is 23.7 Å². The molecule has 1 heterocycles. The molecule has 0 saturated carbocycles. The van der Waals surface area contributed by atoms with Gasteiger partial charge in [-0.1, -0.05) is 13.8 Å². The van der Waals surface area contributed by atoms with Crippen LogP contribution < -0.4 is 5.73 Å². The molecule has 0 radical (unpaired) electrons. The molecule has 0 atom stereocenters. The molecule has 0 saturated heterocycles. The minimum Gasteiger partial charge on any atom is -0.463 e. The minimum atomic E-state index is 0.461. The Morgan fingerprint density at radius 1 is 1.28 bits per heavy atom. The van der Waals surface area contributed by atoms with E-state index < -0.39 is 0 Å². The molecule has 0 aliphatic heterocycles. The Kier molecular flexibility index (Phi) is 7.01. The summed E-state index contributed by atoms with van der Waals surface area (Å²) in [5.74, 6) is 1.83. The molecule has 0 aliphatic carbocycles. The van der Waals surface area contributed by atoms with Gasteiger partial charge in [-0.25, -0.2) is 0 Å². The van der Waals surface area contributed by atoms with Gasteiger partial charge in [0.15, 0.2) is 0 Å². The minimum absolute atomic E-state index is 0.461. The highest BCUT2D eigenvalue weighted by Gasteiger charge is 2.16. The molecule has 104 valence electrons. The summed E-state index contributed by atoms with van der Waals surface area (Å²) in [6, 6.07) is 4.55. The van der Waals surface area contributed by atoms with Crippen LogP contribution in [0.4, 0.5) is 0 Å². The van der Waals surface area contributed by atoms with Crippen LogP contribution in [-0.4, -0.2) is 31.2 Å². The molecule has 0 spiro atoms. The monoisotopic (exact) mass is 254 g/mol. The van der Waals surface area contributed by atoms with Gasteiger partial charge in [0.1, 0.15) is 11.5 Å². The third-order valence-electron chi connectivity index (χ3n) is 3.32. The van der Waals surface area contributed by atoms with Crippen LogP contribution in [0.3, 0.4) is 0 Å². The van der Waals surface area contributed by atoms with Crippen LogP contribution in [0.25, 0.3) is 0 Å². The normalized spacial score (nSPS) is 11.7. The van der Waals surface area contributed by atoms with E-state index in [9.17, 15) is 0 Å². The van der Waals surface area contributed by atoms with Crippen molar-refractivity contribution in [1.29, 1.82) is 0 Å². The van der Waals surface area contributed by atoms with Gasteiger partial charge in [0.05, 0.1) is 19.7 Å². The van der Waals surface area contributed by atoms with E-state index in [-0.39, 0.29) is 0 Å². The third kappa shape index (κ3) is 4.44. The zero-order chi connectivity index (χ0) is 13.4. The number of methoxy groups -OCH3 is 1. The first-order valence-corrected chi connectivity index (χ1v) is 6.75. The predicted molar refractivity (Wildman–Crippen MR) is 73.3 cm³/mol. The molecule has 0 fully saturated rings. The second-order valence-electron chi connectivity index (χ2n) is 4.51. The van der Waals surface area contributed by atoms with E-state index in [0.29, 0.717) is 12.6 Å². The van der Waals surface area contributed by atoms with Crippen LogP contribution >= 0.6 is 0 Å². The Balaban J connectivity index is 2.64. The number of furan rings is 1. The summed E-state index contributed by atoms with van der Waals surface area (Å²) < 4.78 is 10.9. The van der Waals surface area contributed by atoms with E-state index >= 15 is 0 Å². The maximum absolute atomic E-state index is 5.67. The highest BCUT2D eigenvalue weighted by atomic mass is 16.5. The van der Waals surface area contributed by atoms with Gasteiger partial charge in [-0.05, 0) is 25.0 Å². The molecule has 1 aromatic heterocycles. The average Bonchev–Trinajstić information content (AvgIpc) is 2.84. The maximum Gasteiger partial charge on any atom is 0.118 e. The molecular formula is C14H26N2O2. The first-order valence-electron chi connectivity index (χ1n) is 6.75. The summed E-state index contributed by atoms with van der Waals surface area (Å²) >= 11 is 0. The zero-order valence-electron chi connectivity index (χ0n) is 11.8. The number of nitrogens with zero attached hydrogens (tertiary/aromatic N) is 1. The Bertz CT molecular complexity index is 321. The lowest BCUT2D eigenvalue weighted by Gasteiger charge is -2.29. The van der Waals surface area contributed by atoms with Crippen molar-refractivity contribution in [1.82, 2.24) is 4.90 Å². The van der Waals surface area contributed by atoms with Crippen molar-refractivity contribution in [2.75, 3.05) is 20.3 Å². The van der Waals surface area contributed by atoms with Gasteiger partial charge >= 0.3 is 0 Å². The van der Waals surface area contributed by atoms with E-state index in [2.05, 4.69) is 18.7 Å². The zero-order valence-corrected chi connectivity index (χ0v) is 11.8. The fourth-order valence-corrected chi connectivity index (χ4v) is 2.22. The van der Waals surface area contributed by atoms with Crippen molar-refractivity contribution in [2.45, 2.75) is 45.8 Å². The lowest BCUT2D eigenvalue weighted by molar-refractivity contribution is 0.104. The smallest absolute Gasteiger partial charge is 0.118 e. The lowest BCUT2D eigenvalue weighted by atomic mass is 10.1. The number of rotatable bonds is 9. The van der Waals surface area contributed by atoms with Gasteiger partial charge < -0.3 is 14.9 Å². The molecule has 2 N–H and O–H groups in total. The Hall–Kier alpha value is -0.840. The molecule has 0 aromatic carbocycles. The van der Waals surface area contributed by atoms with Crippen molar-refractivity contribution in [2.24, 2.45) is 5.73 Å². The highest BCUT2D eigenvalue weighted by Crippen LogP contribution is 2.15. The van der Waals surface area contributed by atoms with E-state index in [0.717, 1.165) is 44.1 Å². The Morgan fingerprint density at radius 2 is 1.94 bits per heavy atom. The van der Waals surface area contributed by atoms with Crippen molar-refractivity contribution in [3.8, 4) is 0 Å². The van der Waals surface area contributed by atoms with Crippen LogP contribution in [0, 0.1) is 0 Å². The fraction of sp³-hybridized carbons (Fsp3) is 0.714. The van der Waals surface area contributed by atoms with E-state index in [1.54, 1.807) is 7.11 Å². The highest BCUT2D eigenvalue weighted by molar-refractivity contribution is 5.07. The fourth-order valence-electron chi connectivity index (χ4n) is 2.22. The van der Waals surface area contributed by atoms with E-state index in [1.165, 1.54) is 0 Å². The Labute approximate surface area is 110 Å². The number of hydrogen-bond donors (Lipinski definition) is 1. The van der Waals surface area contributed by atoms with Crippen LogP contribution in [0.1, 0.15) is 38.2 Å². The van der Waals surface area contributed by atoms with Gasteiger partial charge in [-0.3, -0.25) is 4.90 Å².